The van der Waals surface area contributed by atoms with Crippen LogP contribution in [0.15, 0.2) is 18.2 Å². The van der Waals surface area contributed by atoms with E-state index in [1.165, 1.54) is 0 Å². The molecule has 0 aliphatic carbocycles. The summed E-state index contributed by atoms with van der Waals surface area (Å²) in [6.45, 7) is 4.00. The lowest BCUT2D eigenvalue weighted by Crippen LogP contribution is -2.18. The first-order valence-corrected chi connectivity index (χ1v) is 5.52. The summed E-state index contributed by atoms with van der Waals surface area (Å²) in [4.78, 5) is 4.51. The third-order valence-electron chi connectivity index (χ3n) is 2.84. The maximum Gasteiger partial charge on any atom is 0.113 e. The van der Waals surface area contributed by atoms with Crippen LogP contribution in [0.3, 0.4) is 0 Å². The highest BCUT2D eigenvalue weighted by Crippen LogP contribution is 2.19. The molecule has 0 spiro atoms. The van der Waals surface area contributed by atoms with E-state index in [9.17, 15) is 0 Å². The largest absolute Gasteiger partial charge is 0.394 e. The average Bonchev–Trinajstić information content (AvgIpc) is 2.65. The number of aliphatic hydroxyl groups is 1. The second-order valence-electron chi connectivity index (χ2n) is 3.93. The topological polar surface area (TPSA) is 63.5 Å². The second-order valence-corrected chi connectivity index (χ2v) is 3.93. The van der Waals surface area contributed by atoms with Gasteiger partial charge in [0.2, 0.25) is 0 Å². The summed E-state index contributed by atoms with van der Waals surface area (Å²) < 4.78 is 2.05. The van der Waals surface area contributed by atoms with Gasteiger partial charge in [0.1, 0.15) is 5.82 Å². The summed E-state index contributed by atoms with van der Waals surface area (Å²) in [5.41, 5.74) is 8.88. The third-order valence-corrected chi connectivity index (χ3v) is 2.84. The first-order chi connectivity index (χ1) is 7.69. The van der Waals surface area contributed by atoms with Crippen LogP contribution in [0.4, 0.5) is 0 Å². The number of hydrogen-bond donors (Lipinski definition) is 2. The quantitative estimate of drug-likeness (QED) is 0.815. The Hall–Kier alpha value is -1.39. The molecule has 0 aromatic carbocycles. The van der Waals surface area contributed by atoms with Crippen LogP contribution >= 0.6 is 0 Å². The van der Waals surface area contributed by atoms with E-state index in [1.54, 1.807) is 0 Å². The lowest BCUT2D eigenvalue weighted by molar-refractivity contribution is 0.265. The Morgan fingerprint density at radius 1 is 1.50 bits per heavy atom. The van der Waals surface area contributed by atoms with Crippen LogP contribution in [0.2, 0.25) is 0 Å². The first-order valence-electron chi connectivity index (χ1n) is 5.52. The summed E-state index contributed by atoms with van der Waals surface area (Å²) >= 11 is 0. The number of fused-ring (bicyclic) bond motifs is 1. The summed E-state index contributed by atoms with van der Waals surface area (Å²) in [5, 5.41) is 9.16. The Labute approximate surface area is 94.7 Å². The van der Waals surface area contributed by atoms with E-state index in [1.807, 2.05) is 25.1 Å². The molecule has 0 radical (unpaired) electrons. The molecule has 2 aromatic rings. The molecule has 0 aliphatic heterocycles. The SMILES string of the molecule is CCc1nc(C)c2cccc(C(N)CO)n12. The van der Waals surface area contributed by atoms with Gasteiger partial charge in [-0.25, -0.2) is 4.98 Å². The van der Waals surface area contributed by atoms with Crippen LogP contribution in [-0.4, -0.2) is 21.1 Å². The molecule has 4 heteroatoms. The number of pyridine rings is 1. The molecule has 0 fully saturated rings. The van der Waals surface area contributed by atoms with Gasteiger partial charge in [-0.05, 0) is 19.1 Å². The molecule has 1 unspecified atom stereocenters. The van der Waals surface area contributed by atoms with Crippen molar-refractivity contribution < 1.29 is 5.11 Å². The lowest BCUT2D eigenvalue weighted by Gasteiger charge is -2.13. The Bertz CT molecular complexity index is 504. The smallest absolute Gasteiger partial charge is 0.113 e. The zero-order valence-corrected chi connectivity index (χ0v) is 9.64. The second kappa shape index (κ2) is 4.23. The summed E-state index contributed by atoms with van der Waals surface area (Å²) in [6.07, 6.45) is 0.851. The van der Waals surface area contributed by atoms with Gasteiger partial charge in [-0.2, -0.15) is 0 Å². The van der Waals surface area contributed by atoms with Gasteiger partial charge >= 0.3 is 0 Å². The van der Waals surface area contributed by atoms with E-state index >= 15 is 0 Å². The number of imidazole rings is 1. The summed E-state index contributed by atoms with van der Waals surface area (Å²) in [6, 6.07) is 5.56. The molecule has 0 saturated carbocycles. The lowest BCUT2D eigenvalue weighted by atomic mass is 10.2. The van der Waals surface area contributed by atoms with Gasteiger partial charge < -0.3 is 10.8 Å². The molecule has 2 rings (SSSR count). The number of nitrogens with zero attached hydrogens (tertiary/aromatic N) is 2. The van der Waals surface area contributed by atoms with E-state index in [0.29, 0.717) is 0 Å². The highest BCUT2D eigenvalue weighted by atomic mass is 16.3. The average molecular weight is 219 g/mol. The van der Waals surface area contributed by atoms with Gasteiger partial charge in [-0.15, -0.1) is 0 Å². The van der Waals surface area contributed by atoms with Gasteiger partial charge in [0, 0.05) is 12.1 Å². The van der Waals surface area contributed by atoms with Crippen molar-refractivity contribution in [1.29, 1.82) is 0 Å². The fraction of sp³-hybridized carbons (Fsp3) is 0.417. The number of rotatable bonds is 3. The minimum Gasteiger partial charge on any atom is -0.394 e. The third kappa shape index (κ3) is 1.60. The van der Waals surface area contributed by atoms with Crippen molar-refractivity contribution in [3.05, 3.63) is 35.4 Å². The van der Waals surface area contributed by atoms with Gasteiger partial charge in [0.05, 0.1) is 23.9 Å². The van der Waals surface area contributed by atoms with Crippen molar-refractivity contribution >= 4 is 5.52 Å². The Morgan fingerprint density at radius 2 is 2.25 bits per heavy atom. The molecule has 86 valence electrons. The van der Waals surface area contributed by atoms with E-state index in [0.717, 1.165) is 29.1 Å². The zero-order valence-electron chi connectivity index (χ0n) is 9.64. The minimum absolute atomic E-state index is 0.0561. The van der Waals surface area contributed by atoms with Crippen molar-refractivity contribution in [3.63, 3.8) is 0 Å². The van der Waals surface area contributed by atoms with E-state index < -0.39 is 0 Å². The van der Waals surface area contributed by atoms with Gasteiger partial charge in [0.25, 0.3) is 0 Å². The molecule has 3 N–H and O–H groups in total. The number of aliphatic hydroxyl groups excluding tert-OH is 1. The molecule has 16 heavy (non-hydrogen) atoms. The van der Waals surface area contributed by atoms with Crippen LogP contribution in [0.1, 0.15) is 30.2 Å². The van der Waals surface area contributed by atoms with Crippen molar-refractivity contribution in [2.45, 2.75) is 26.3 Å². The van der Waals surface area contributed by atoms with Crippen molar-refractivity contribution in [2.24, 2.45) is 5.73 Å². The van der Waals surface area contributed by atoms with E-state index in [-0.39, 0.29) is 12.6 Å². The fourth-order valence-electron chi connectivity index (χ4n) is 2.02. The molecule has 2 heterocycles. The van der Waals surface area contributed by atoms with Crippen LogP contribution < -0.4 is 5.73 Å². The van der Waals surface area contributed by atoms with Gasteiger partial charge in [-0.1, -0.05) is 13.0 Å². The molecular weight excluding hydrogens is 202 g/mol. The van der Waals surface area contributed by atoms with E-state index in [2.05, 4.69) is 16.3 Å². The van der Waals surface area contributed by atoms with Crippen molar-refractivity contribution in [1.82, 2.24) is 9.38 Å². The molecule has 0 aliphatic rings. The standard InChI is InChI=1S/C12H17N3O/c1-3-12-14-8(2)10-5-4-6-11(15(10)12)9(13)7-16/h4-6,9,16H,3,7,13H2,1-2H3. The fourth-order valence-corrected chi connectivity index (χ4v) is 2.02. The number of aromatic nitrogens is 2. The molecule has 4 nitrogen and oxygen atoms in total. The normalized spacial score (nSPS) is 13.2. The van der Waals surface area contributed by atoms with E-state index in [4.69, 9.17) is 10.8 Å². The highest BCUT2D eigenvalue weighted by molar-refractivity contribution is 5.54. The van der Waals surface area contributed by atoms with Gasteiger partial charge in [0.15, 0.2) is 0 Å². The maximum atomic E-state index is 9.16. The number of aryl methyl sites for hydroxylation is 2. The number of hydrogen-bond acceptors (Lipinski definition) is 3. The molecular formula is C12H17N3O. The van der Waals surface area contributed by atoms with Crippen molar-refractivity contribution in [2.75, 3.05) is 6.61 Å². The molecule has 0 bridgehead atoms. The predicted octanol–water partition coefficient (Wildman–Crippen LogP) is 1.20. The van der Waals surface area contributed by atoms with Crippen LogP contribution in [0.25, 0.3) is 5.52 Å². The van der Waals surface area contributed by atoms with Crippen LogP contribution in [-0.2, 0) is 6.42 Å². The first kappa shape index (κ1) is 11.1. The molecule has 2 aromatic heterocycles. The number of nitrogens with two attached hydrogens (primary N) is 1. The van der Waals surface area contributed by atoms with Gasteiger partial charge in [-0.3, -0.25) is 4.40 Å². The van der Waals surface area contributed by atoms with Crippen LogP contribution in [0, 0.1) is 6.92 Å². The monoisotopic (exact) mass is 219 g/mol. The molecule has 0 saturated heterocycles. The highest BCUT2D eigenvalue weighted by Gasteiger charge is 2.13. The van der Waals surface area contributed by atoms with Crippen LogP contribution in [0.5, 0.6) is 0 Å². The zero-order chi connectivity index (χ0) is 11.7. The molecule has 1 atom stereocenters. The summed E-state index contributed by atoms with van der Waals surface area (Å²) in [5.74, 6) is 0.993. The minimum atomic E-state index is -0.359. The Balaban J connectivity index is 2.74. The Morgan fingerprint density at radius 3 is 2.88 bits per heavy atom. The molecule has 0 amide bonds. The Kier molecular flexibility index (Phi) is 2.94. The predicted molar refractivity (Wildman–Crippen MR) is 63.3 cm³/mol. The summed E-state index contributed by atoms with van der Waals surface area (Å²) in [7, 11) is 0. The van der Waals surface area contributed by atoms with Crippen molar-refractivity contribution in [3.8, 4) is 0 Å². The maximum absolute atomic E-state index is 9.16.